The Balaban J connectivity index is -0.000000189. The molecule has 0 heterocycles. The third-order valence-electron chi connectivity index (χ3n) is 0.936. The van der Waals surface area contributed by atoms with Crippen molar-refractivity contribution in [2.75, 3.05) is 11.5 Å². The zero-order chi connectivity index (χ0) is 7.98. The highest BCUT2D eigenvalue weighted by molar-refractivity contribution is 5.85. The normalized spacial score (nSPS) is 6.50. The molecular formula is C8H16Cl2N2. The van der Waals surface area contributed by atoms with E-state index in [0.29, 0.717) is 0 Å². The topological polar surface area (TPSA) is 52.0 Å². The van der Waals surface area contributed by atoms with E-state index in [1.54, 1.807) is 24.3 Å². The molecule has 0 amide bonds. The van der Waals surface area contributed by atoms with Gasteiger partial charge in [0.15, 0.2) is 0 Å². The Hall–Kier alpha value is -0.600. The molecule has 4 heteroatoms. The Morgan fingerprint density at radius 3 is 1.08 bits per heavy atom. The first kappa shape index (κ1) is 17.5. The average Bonchev–Trinajstić information content (AvgIpc) is 2.00. The second-order valence-electron chi connectivity index (χ2n) is 1.67. The standard InChI is InChI=1S/C6H8N2.C2H6.2ClH/c7-5-1-2-6(8)4-3-5;1-2;;/h1-4H,7-8H2;1-2H3;2*1H. The number of anilines is 2. The highest BCUT2D eigenvalue weighted by Gasteiger charge is 1.80. The van der Waals surface area contributed by atoms with Gasteiger partial charge in [0.05, 0.1) is 0 Å². The van der Waals surface area contributed by atoms with Gasteiger partial charge in [0.2, 0.25) is 0 Å². The molecule has 0 saturated carbocycles. The van der Waals surface area contributed by atoms with Gasteiger partial charge in [-0.3, -0.25) is 0 Å². The van der Waals surface area contributed by atoms with Gasteiger partial charge < -0.3 is 11.5 Å². The lowest BCUT2D eigenvalue weighted by molar-refractivity contribution is 1.50. The van der Waals surface area contributed by atoms with Crippen molar-refractivity contribution in [3.05, 3.63) is 24.3 Å². The number of halogens is 2. The van der Waals surface area contributed by atoms with Crippen LogP contribution in [0.4, 0.5) is 11.4 Å². The van der Waals surface area contributed by atoms with Gasteiger partial charge in [-0.2, -0.15) is 0 Å². The number of benzene rings is 1. The Labute approximate surface area is 86.2 Å². The number of rotatable bonds is 0. The molecule has 4 N–H and O–H groups in total. The van der Waals surface area contributed by atoms with E-state index in [-0.39, 0.29) is 24.8 Å². The first-order chi connectivity index (χ1) is 4.79. The third kappa shape index (κ3) is 7.51. The van der Waals surface area contributed by atoms with E-state index in [9.17, 15) is 0 Å². The van der Waals surface area contributed by atoms with Crippen LogP contribution >= 0.6 is 24.8 Å². The number of nitrogens with two attached hydrogens (primary N) is 2. The van der Waals surface area contributed by atoms with Crippen LogP contribution in [0.1, 0.15) is 13.8 Å². The molecule has 2 nitrogen and oxygen atoms in total. The highest BCUT2D eigenvalue weighted by Crippen LogP contribution is 2.04. The van der Waals surface area contributed by atoms with E-state index in [0.717, 1.165) is 11.4 Å². The van der Waals surface area contributed by atoms with Crippen LogP contribution in [0.2, 0.25) is 0 Å². The second-order valence-corrected chi connectivity index (χ2v) is 1.67. The molecule has 12 heavy (non-hydrogen) atoms. The van der Waals surface area contributed by atoms with Crippen LogP contribution in [-0.2, 0) is 0 Å². The fraction of sp³-hybridized carbons (Fsp3) is 0.250. The van der Waals surface area contributed by atoms with Crippen LogP contribution in [0, 0.1) is 0 Å². The van der Waals surface area contributed by atoms with Crippen molar-refractivity contribution in [3.8, 4) is 0 Å². The molecule has 0 atom stereocenters. The maximum Gasteiger partial charge on any atom is 0.0315 e. The lowest BCUT2D eigenvalue weighted by Crippen LogP contribution is -1.86. The Bertz CT molecular complexity index is 154. The molecule has 0 unspecified atom stereocenters. The van der Waals surface area contributed by atoms with Crippen molar-refractivity contribution in [2.45, 2.75) is 13.8 Å². The summed E-state index contributed by atoms with van der Waals surface area (Å²) >= 11 is 0. The van der Waals surface area contributed by atoms with Crippen molar-refractivity contribution in [3.63, 3.8) is 0 Å². The summed E-state index contributed by atoms with van der Waals surface area (Å²) in [7, 11) is 0. The Morgan fingerprint density at radius 2 is 0.917 bits per heavy atom. The lowest BCUT2D eigenvalue weighted by Gasteiger charge is -1.90. The minimum atomic E-state index is 0. The smallest absolute Gasteiger partial charge is 0.0315 e. The van der Waals surface area contributed by atoms with Crippen molar-refractivity contribution in [1.29, 1.82) is 0 Å². The molecule has 0 spiro atoms. The van der Waals surface area contributed by atoms with E-state index < -0.39 is 0 Å². The molecule has 0 aromatic heterocycles. The quantitative estimate of drug-likeness (QED) is 0.648. The summed E-state index contributed by atoms with van der Waals surface area (Å²) in [5, 5.41) is 0. The molecule has 1 aromatic rings. The summed E-state index contributed by atoms with van der Waals surface area (Å²) in [6, 6.07) is 7.09. The molecule has 1 rings (SSSR count). The van der Waals surface area contributed by atoms with E-state index in [4.69, 9.17) is 11.5 Å². The van der Waals surface area contributed by atoms with Crippen LogP contribution in [-0.4, -0.2) is 0 Å². The molecule has 0 radical (unpaired) electrons. The second kappa shape index (κ2) is 10.4. The zero-order valence-corrected chi connectivity index (χ0v) is 8.91. The van der Waals surface area contributed by atoms with Crippen molar-refractivity contribution in [2.24, 2.45) is 0 Å². The van der Waals surface area contributed by atoms with Gasteiger partial charge in [0.1, 0.15) is 0 Å². The third-order valence-corrected chi connectivity index (χ3v) is 0.936. The molecule has 0 aliphatic heterocycles. The summed E-state index contributed by atoms with van der Waals surface area (Å²) < 4.78 is 0. The predicted molar refractivity (Wildman–Crippen MR) is 61.1 cm³/mol. The van der Waals surface area contributed by atoms with Crippen LogP contribution in [0.15, 0.2) is 24.3 Å². The first-order valence-electron chi connectivity index (χ1n) is 3.40. The average molecular weight is 211 g/mol. The van der Waals surface area contributed by atoms with Crippen LogP contribution < -0.4 is 11.5 Å². The maximum atomic E-state index is 5.37. The Kier molecular flexibility index (Phi) is 15.1. The first-order valence-corrected chi connectivity index (χ1v) is 3.40. The number of hydrogen-bond acceptors (Lipinski definition) is 2. The van der Waals surface area contributed by atoms with Crippen molar-refractivity contribution < 1.29 is 0 Å². The largest absolute Gasteiger partial charge is 0.399 e. The van der Waals surface area contributed by atoms with Gasteiger partial charge in [-0.25, -0.2) is 0 Å². The van der Waals surface area contributed by atoms with Gasteiger partial charge in [-0.05, 0) is 24.3 Å². The molecule has 0 saturated heterocycles. The SMILES string of the molecule is CC.Cl.Cl.Nc1ccc(N)cc1. The van der Waals surface area contributed by atoms with E-state index >= 15 is 0 Å². The van der Waals surface area contributed by atoms with E-state index in [1.165, 1.54) is 0 Å². The van der Waals surface area contributed by atoms with Gasteiger partial charge in [0.25, 0.3) is 0 Å². The lowest BCUT2D eigenvalue weighted by atomic mass is 10.3. The van der Waals surface area contributed by atoms with Gasteiger partial charge >= 0.3 is 0 Å². The fourth-order valence-electron chi connectivity index (χ4n) is 0.496. The van der Waals surface area contributed by atoms with Crippen LogP contribution in [0.3, 0.4) is 0 Å². The maximum absolute atomic E-state index is 5.37. The molecule has 72 valence electrons. The van der Waals surface area contributed by atoms with Crippen LogP contribution in [0.5, 0.6) is 0 Å². The van der Waals surface area contributed by atoms with E-state index in [2.05, 4.69) is 0 Å². The monoisotopic (exact) mass is 210 g/mol. The molecule has 0 fully saturated rings. The summed E-state index contributed by atoms with van der Waals surface area (Å²) in [6.45, 7) is 4.00. The minimum Gasteiger partial charge on any atom is -0.399 e. The van der Waals surface area contributed by atoms with E-state index in [1.807, 2.05) is 13.8 Å². The summed E-state index contributed by atoms with van der Waals surface area (Å²) in [5.74, 6) is 0. The molecule has 0 aliphatic carbocycles. The number of hydrogen-bond donors (Lipinski definition) is 2. The molecular weight excluding hydrogens is 195 g/mol. The molecule has 0 bridgehead atoms. The summed E-state index contributed by atoms with van der Waals surface area (Å²) in [4.78, 5) is 0. The summed E-state index contributed by atoms with van der Waals surface area (Å²) in [5.41, 5.74) is 12.2. The summed E-state index contributed by atoms with van der Waals surface area (Å²) in [6.07, 6.45) is 0. The molecule has 1 aromatic carbocycles. The van der Waals surface area contributed by atoms with Gasteiger partial charge in [-0.15, -0.1) is 24.8 Å². The van der Waals surface area contributed by atoms with Gasteiger partial charge in [0, 0.05) is 11.4 Å². The Morgan fingerprint density at radius 1 is 0.750 bits per heavy atom. The minimum absolute atomic E-state index is 0. The zero-order valence-electron chi connectivity index (χ0n) is 7.28. The highest BCUT2D eigenvalue weighted by atomic mass is 35.5. The van der Waals surface area contributed by atoms with Crippen molar-refractivity contribution >= 4 is 36.2 Å². The molecule has 0 aliphatic rings. The fourth-order valence-corrected chi connectivity index (χ4v) is 0.496. The van der Waals surface area contributed by atoms with Crippen LogP contribution in [0.25, 0.3) is 0 Å². The van der Waals surface area contributed by atoms with Gasteiger partial charge in [-0.1, -0.05) is 13.8 Å². The number of nitrogen functional groups attached to an aromatic ring is 2. The predicted octanol–water partition coefficient (Wildman–Crippen LogP) is 2.72. The van der Waals surface area contributed by atoms with Crippen molar-refractivity contribution in [1.82, 2.24) is 0 Å².